The molecule has 0 radical (unpaired) electrons. The Morgan fingerprint density at radius 2 is 2.06 bits per heavy atom. The highest BCUT2D eigenvalue weighted by Crippen LogP contribution is 2.24. The summed E-state index contributed by atoms with van der Waals surface area (Å²) in [4.78, 5) is 4.19. The number of hydrogen-bond donors (Lipinski definition) is 0. The van der Waals surface area contributed by atoms with Crippen molar-refractivity contribution in [2.24, 2.45) is 0 Å². The molecule has 0 amide bonds. The molecule has 0 unspecified atom stereocenters. The van der Waals surface area contributed by atoms with Crippen molar-refractivity contribution in [2.75, 3.05) is 0 Å². The third-order valence-electron chi connectivity index (χ3n) is 2.85. The van der Waals surface area contributed by atoms with Gasteiger partial charge in [0.15, 0.2) is 5.82 Å². The molecule has 0 saturated heterocycles. The van der Waals surface area contributed by atoms with Gasteiger partial charge >= 0.3 is 0 Å². The van der Waals surface area contributed by atoms with Crippen molar-refractivity contribution in [3.63, 3.8) is 0 Å². The van der Waals surface area contributed by atoms with Gasteiger partial charge in [0.2, 0.25) is 0 Å². The minimum Gasteiger partial charge on any atom is -0.236 e. The van der Waals surface area contributed by atoms with Crippen LogP contribution < -0.4 is 0 Å². The van der Waals surface area contributed by atoms with E-state index in [1.807, 2.05) is 26.8 Å². The van der Waals surface area contributed by atoms with Gasteiger partial charge < -0.3 is 0 Å². The molecule has 2 rings (SSSR count). The summed E-state index contributed by atoms with van der Waals surface area (Å²) < 4.78 is 1.67. The van der Waals surface area contributed by atoms with E-state index in [4.69, 9.17) is 16.9 Å². The third-order valence-corrected chi connectivity index (χ3v) is 3.22. The third kappa shape index (κ3) is 1.79. The van der Waals surface area contributed by atoms with Gasteiger partial charge in [-0.15, -0.1) is 0 Å². The minimum absolute atomic E-state index is 0.334. The Labute approximate surface area is 104 Å². The number of pyridine rings is 1. The highest BCUT2D eigenvalue weighted by atomic mass is 35.5. The van der Waals surface area contributed by atoms with Crippen LogP contribution >= 0.6 is 11.6 Å². The first-order chi connectivity index (χ1) is 8.06. The maximum Gasteiger partial charge on any atom is 0.173 e. The molecule has 0 saturated carbocycles. The fourth-order valence-electron chi connectivity index (χ4n) is 1.59. The molecule has 86 valence electrons. The molecule has 2 aromatic heterocycles. The summed E-state index contributed by atoms with van der Waals surface area (Å²) in [5, 5.41) is 13.6. The van der Waals surface area contributed by atoms with Crippen LogP contribution in [0.4, 0.5) is 0 Å². The van der Waals surface area contributed by atoms with Gasteiger partial charge in [-0.3, -0.25) is 0 Å². The molecule has 0 bridgehead atoms. The molecule has 0 spiro atoms. The maximum atomic E-state index is 8.93. The predicted octanol–water partition coefficient (Wildman–Crippen LogP) is 2.72. The lowest BCUT2D eigenvalue weighted by Crippen LogP contribution is -2.03. The monoisotopic (exact) mass is 246 g/mol. The van der Waals surface area contributed by atoms with Crippen molar-refractivity contribution >= 4 is 11.6 Å². The maximum absolute atomic E-state index is 8.93. The number of aromatic nitrogens is 3. The topological polar surface area (TPSA) is 54.5 Å². The molecule has 0 atom stereocenters. The second-order valence-corrected chi connectivity index (χ2v) is 4.19. The van der Waals surface area contributed by atoms with E-state index in [0.717, 1.165) is 17.0 Å². The zero-order valence-electron chi connectivity index (χ0n) is 9.82. The number of nitrogens with zero attached hydrogens (tertiary/aromatic N) is 4. The summed E-state index contributed by atoms with van der Waals surface area (Å²) in [5.41, 5.74) is 3.42. The van der Waals surface area contributed by atoms with Gasteiger partial charge in [0.1, 0.15) is 11.1 Å². The molecule has 4 nitrogen and oxygen atoms in total. The van der Waals surface area contributed by atoms with Crippen molar-refractivity contribution < 1.29 is 0 Å². The molecule has 0 fully saturated rings. The number of aryl methyl sites for hydroxylation is 1. The molecular weight excluding hydrogens is 236 g/mol. The van der Waals surface area contributed by atoms with Gasteiger partial charge in [0.25, 0.3) is 0 Å². The average molecular weight is 247 g/mol. The molecule has 5 heteroatoms. The number of hydrogen-bond acceptors (Lipinski definition) is 3. The lowest BCUT2D eigenvalue weighted by molar-refractivity contribution is 0.805. The van der Waals surface area contributed by atoms with Crippen LogP contribution in [-0.2, 0) is 0 Å². The Morgan fingerprint density at radius 1 is 1.35 bits per heavy atom. The second-order valence-electron chi connectivity index (χ2n) is 3.82. The Hall–Kier alpha value is -1.86. The first-order valence-corrected chi connectivity index (χ1v) is 5.52. The highest BCUT2D eigenvalue weighted by molar-refractivity contribution is 6.33. The van der Waals surface area contributed by atoms with E-state index in [0.29, 0.717) is 16.4 Å². The number of rotatable bonds is 1. The largest absolute Gasteiger partial charge is 0.236 e. The zero-order valence-corrected chi connectivity index (χ0v) is 10.6. The standard InChI is InChI=1S/C12H11ClN4/c1-7-8(2)16-17(9(7)3)12-11(13)10(6-14)4-5-15-12/h4-5H,1-3H3. The lowest BCUT2D eigenvalue weighted by Gasteiger charge is -2.06. The van der Waals surface area contributed by atoms with Crippen LogP contribution in [0.25, 0.3) is 5.82 Å². The zero-order chi connectivity index (χ0) is 12.6. The second kappa shape index (κ2) is 4.19. The van der Waals surface area contributed by atoms with E-state index in [1.165, 1.54) is 0 Å². The van der Waals surface area contributed by atoms with Gasteiger partial charge in [-0.2, -0.15) is 10.4 Å². The van der Waals surface area contributed by atoms with Crippen molar-refractivity contribution in [1.29, 1.82) is 5.26 Å². The van der Waals surface area contributed by atoms with Crippen molar-refractivity contribution in [1.82, 2.24) is 14.8 Å². The van der Waals surface area contributed by atoms with Gasteiger partial charge in [0, 0.05) is 11.9 Å². The van der Waals surface area contributed by atoms with E-state index in [2.05, 4.69) is 10.1 Å². The van der Waals surface area contributed by atoms with E-state index < -0.39 is 0 Å². The summed E-state index contributed by atoms with van der Waals surface area (Å²) in [6, 6.07) is 3.62. The lowest BCUT2D eigenvalue weighted by atomic mass is 10.2. The quantitative estimate of drug-likeness (QED) is 0.777. The van der Waals surface area contributed by atoms with Crippen LogP contribution in [0.1, 0.15) is 22.5 Å². The molecule has 0 aliphatic heterocycles. The van der Waals surface area contributed by atoms with Crippen LogP contribution in [-0.4, -0.2) is 14.8 Å². The van der Waals surface area contributed by atoms with Crippen molar-refractivity contribution in [3.05, 3.63) is 39.8 Å². The Bertz CT molecular complexity index is 622. The summed E-state index contributed by atoms with van der Waals surface area (Å²) in [6.07, 6.45) is 1.56. The summed E-state index contributed by atoms with van der Waals surface area (Å²) in [5.74, 6) is 0.499. The molecule has 0 aliphatic rings. The first-order valence-electron chi connectivity index (χ1n) is 5.14. The van der Waals surface area contributed by atoms with E-state index in [9.17, 15) is 0 Å². The normalized spacial score (nSPS) is 10.3. The number of nitriles is 1. The van der Waals surface area contributed by atoms with Gasteiger partial charge in [-0.05, 0) is 32.4 Å². The van der Waals surface area contributed by atoms with Crippen LogP contribution in [0.3, 0.4) is 0 Å². The smallest absolute Gasteiger partial charge is 0.173 e. The molecular formula is C12H11ClN4. The molecule has 2 heterocycles. The van der Waals surface area contributed by atoms with Crippen molar-refractivity contribution in [3.8, 4) is 11.9 Å². The minimum atomic E-state index is 0.334. The van der Waals surface area contributed by atoms with Crippen LogP contribution in [0.15, 0.2) is 12.3 Å². The van der Waals surface area contributed by atoms with Gasteiger partial charge in [-0.25, -0.2) is 9.67 Å². The molecule has 2 aromatic rings. The van der Waals surface area contributed by atoms with Gasteiger partial charge in [-0.1, -0.05) is 11.6 Å². The van der Waals surface area contributed by atoms with Crippen LogP contribution in [0, 0.1) is 32.1 Å². The SMILES string of the molecule is Cc1nn(-c2nccc(C#N)c2Cl)c(C)c1C. The molecule has 0 N–H and O–H groups in total. The summed E-state index contributed by atoms with van der Waals surface area (Å²) >= 11 is 6.13. The van der Waals surface area contributed by atoms with Crippen LogP contribution in [0.5, 0.6) is 0 Å². The Morgan fingerprint density at radius 3 is 2.59 bits per heavy atom. The Balaban J connectivity index is 2.70. The van der Waals surface area contributed by atoms with Crippen molar-refractivity contribution in [2.45, 2.75) is 20.8 Å². The molecule has 0 aromatic carbocycles. The average Bonchev–Trinajstić information content (AvgIpc) is 2.57. The fourth-order valence-corrected chi connectivity index (χ4v) is 1.83. The first kappa shape index (κ1) is 11.6. The van der Waals surface area contributed by atoms with Crippen LogP contribution in [0.2, 0.25) is 5.02 Å². The summed E-state index contributed by atoms with van der Waals surface area (Å²) in [6.45, 7) is 5.88. The van der Waals surface area contributed by atoms with Gasteiger partial charge in [0.05, 0.1) is 11.3 Å². The Kier molecular flexibility index (Phi) is 2.86. The summed E-state index contributed by atoms with van der Waals surface area (Å²) in [7, 11) is 0. The fraction of sp³-hybridized carbons (Fsp3) is 0.250. The predicted molar refractivity (Wildman–Crippen MR) is 65.3 cm³/mol. The van der Waals surface area contributed by atoms with E-state index in [-0.39, 0.29) is 0 Å². The number of halogens is 1. The van der Waals surface area contributed by atoms with E-state index >= 15 is 0 Å². The highest BCUT2D eigenvalue weighted by Gasteiger charge is 2.14. The molecule has 17 heavy (non-hydrogen) atoms. The molecule has 0 aliphatic carbocycles. The van der Waals surface area contributed by atoms with E-state index in [1.54, 1.807) is 16.9 Å².